The number of carbonyl (C=O) groups excluding carboxylic acids is 2. The molecule has 1 heterocycles. The summed E-state index contributed by atoms with van der Waals surface area (Å²) in [6.45, 7) is 1.94. The molecule has 162 valence electrons. The summed E-state index contributed by atoms with van der Waals surface area (Å²) in [7, 11) is 1.52. The third-order valence-electron chi connectivity index (χ3n) is 5.36. The van der Waals surface area contributed by atoms with Crippen molar-refractivity contribution in [3.8, 4) is 28.2 Å². The Kier molecular flexibility index (Phi) is 5.77. The maximum Gasteiger partial charge on any atom is 0.255 e. The van der Waals surface area contributed by atoms with Crippen LogP contribution in [-0.4, -0.2) is 23.8 Å². The summed E-state index contributed by atoms with van der Waals surface area (Å²) < 4.78 is 19.4. The Morgan fingerprint density at radius 3 is 2.41 bits per heavy atom. The third-order valence-corrected chi connectivity index (χ3v) is 5.36. The van der Waals surface area contributed by atoms with E-state index in [9.17, 15) is 19.1 Å². The number of benzene rings is 3. The zero-order chi connectivity index (χ0) is 22.8. The highest BCUT2D eigenvalue weighted by Gasteiger charge is 2.22. The van der Waals surface area contributed by atoms with Crippen molar-refractivity contribution in [2.45, 2.75) is 19.8 Å². The lowest BCUT2D eigenvalue weighted by atomic mass is 9.96. The fourth-order valence-electron chi connectivity index (χ4n) is 3.73. The first-order valence-corrected chi connectivity index (χ1v) is 10.3. The molecule has 0 saturated heterocycles. The van der Waals surface area contributed by atoms with E-state index in [1.165, 1.54) is 25.2 Å². The van der Waals surface area contributed by atoms with Gasteiger partial charge in [-0.25, -0.2) is 4.39 Å². The van der Waals surface area contributed by atoms with Crippen molar-refractivity contribution in [3.63, 3.8) is 0 Å². The first-order chi connectivity index (χ1) is 15.4. The Morgan fingerprint density at radius 1 is 1.00 bits per heavy atom. The lowest BCUT2D eigenvalue weighted by molar-refractivity contribution is 0.0961. The van der Waals surface area contributed by atoms with E-state index >= 15 is 0 Å². The topological polar surface area (TPSA) is 79.5 Å². The van der Waals surface area contributed by atoms with E-state index in [1.807, 2.05) is 6.92 Å². The molecule has 0 aliphatic rings. The predicted molar refractivity (Wildman–Crippen MR) is 121 cm³/mol. The zero-order valence-corrected chi connectivity index (χ0v) is 17.7. The number of nitrogens with one attached hydrogen (secondary N) is 1. The van der Waals surface area contributed by atoms with Gasteiger partial charge in [0.1, 0.15) is 22.9 Å². The van der Waals surface area contributed by atoms with Crippen LogP contribution in [0.15, 0.2) is 65.1 Å². The summed E-state index contributed by atoms with van der Waals surface area (Å²) in [5.74, 6) is -0.380. The van der Waals surface area contributed by atoms with E-state index in [1.54, 1.807) is 42.5 Å². The van der Waals surface area contributed by atoms with Crippen LogP contribution in [0.2, 0.25) is 0 Å². The van der Waals surface area contributed by atoms with Crippen molar-refractivity contribution in [1.29, 1.82) is 0 Å². The molecule has 32 heavy (non-hydrogen) atoms. The van der Waals surface area contributed by atoms with E-state index < -0.39 is 0 Å². The summed E-state index contributed by atoms with van der Waals surface area (Å²) in [5, 5.41) is 13.6. The van der Waals surface area contributed by atoms with Gasteiger partial charge in [-0.1, -0.05) is 13.0 Å². The molecule has 0 atom stereocenters. The second-order valence-electron chi connectivity index (χ2n) is 7.51. The smallest absolute Gasteiger partial charge is 0.255 e. The van der Waals surface area contributed by atoms with Crippen LogP contribution in [0.3, 0.4) is 0 Å². The molecule has 0 spiro atoms. The van der Waals surface area contributed by atoms with Crippen LogP contribution in [0.25, 0.3) is 33.4 Å². The molecule has 0 radical (unpaired) electrons. The first-order valence-electron chi connectivity index (χ1n) is 10.3. The van der Waals surface area contributed by atoms with Crippen LogP contribution in [-0.2, 0) is 0 Å². The summed E-state index contributed by atoms with van der Waals surface area (Å²) in [5.41, 5.74) is 3.00. The second kappa shape index (κ2) is 8.67. The summed E-state index contributed by atoms with van der Waals surface area (Å²) >= 11 is 0. The minimum absolute atomic E-state index is 0.00258. The largest absolute Gasteiger partial charge is 0.507 e. The van der Waals surface area contributed by atoms with Gasteiger partial charge in [0.15, 0.2) is 5.78 Å². The lowest BCUT2D eigenvalue weighted by Gasteiger charge is -2.08. The van der Waals surface area contributed by atoms with Crippen LogP contribution in [0.5, 0.6) is 5.75 Å². The maximum absolute atomic E-state index is 13.4. The molecule has 0 aliphatic carbocycles. The Labute approximate surface area is 184 Å². The number of carbonyl (C=O) groups is 2. The molecule has 3 aromatic carbocycles. The third kappa shape index (κ3) is 3.87. The van der Waals surface area contributed by atoms with E-state index in [0.717, 1.165) is 6.42 Å². The van der Waals surface area contributed by atoms with Crippen LogP contribution in [0.4, 0.5) is 4.39 Å². The molecule has 0 aliphatic heterocycles. The number of aromatic hydroxyl groups is 1. The number of fused-ring (bicyclic) bond motifs is 1. The van der Waals surface area contributed by atoms with E-state index in [-0.39, 0.29) is 23.3 Å². The molecule has 4 rings (SSSR count). The molecule has 4 aromatic rings. The van der Waals surface area contributed by atoms with Crippen molar-refractivity contribution in [2.75, 3.05) is 7.05 Å². The van der Waals surface area contributed by atoms with Gasteiger partial charge in [-0.05, 0) is 66.6 Å². The fraction of sp³-hybridized carbons (Fsp3) is 0.154. The fourth-order valence-corrected chi connectivity index (χ4v) is 3.73. The monoisotopic (exact) mass is 431 g/mol. The average Bonchev–Trinajstić information content (AvgIpc) is 3.18. The number of furan rings is 1. The van der Waals surface area contributed by atoms with E-state index in [2.05, 4.69) is 5.32 Å². The molecule has 0 bridgehead atoms. The van der Waals surface area contributed by atoms with Gasteiger partial charge in [0.2, 0.25) is 0 Å². The summed E-state index contributed by atoms with van der Waals surface area (Å²) in [6.07, 6.45) is 1.16. The van der Waals surface area contributed by atoms with E-state index in [0.29, 0.717) is 51.0 Å². The van der Waals surface area contributed by atoms with Gasteiger partial charge in [0.25, 0.3) is 5.91 Å². The molecular weight excluding hydrogens is 409 g/mol. The van der Waals surface area contributed by atoms with Crippen LogP contribution >= 0.6 is 0 Å². The maximum atomic E-state index is 13.4. The van der Waals surface area contributed by atoms with Gasteiger partial charge in [0, 0.05) is 35.5 Å². The van der Waals surface area contributed by atoms with Crippen LogP contribution < -0.4 is 5.32 Å². The number of Topliss-reactive ketones (excluding diaryl/α,β-unsaturated/α-hetero) is 1. The van der Waals surface area contributed by atoms with Gasteiger partial charge in [-0.3, -0.25) is 9.59 Å². The number of hydrogen-bond acceptors (Lipinski definition) is 4. The highest BCUT2D eigenvalue weighted by Crippen LogP contribution is 2.38. The SMILES string of the molecule is CCCC(=O)c1ccc(O)c(-c2ccc3oc(-c4ccc(F)cc4)c(C(=O)NC)c3c2)c1. The Bertz CT molecular complexity index is 1320. The molecular formula is C26H22FNO4. The molecule has 1 amide bonds. The molecule has 0 unspecified atom stereocenters. The van der Waals surface area contributed by atoms with E-state index in [4.69, 9.17) is 4.42 Å². The van der Waals surface area contributed by atoms with Crippen LogP contribution in [0, 0.1) is 5.82 Å². The number of phenols is 1. The van der Waals surface area contributed by atoms with Crippen molar-refractivity contribution in [3.05, 3.63) is 77.6 Å². The standard InChI is InChI=1S/C26H22FNO4/c1-3-4-21(29)17-7-11-22(30)19(14-17)16-8-12-23-20(13-16)24(26(31)28-2)25(32-23)15-5-9-18(27)10-6-15/h5-14,30H,3-4H2,1-2H3,(H,28,31). The zero-order valence-electron chi connectivity index (χ0n) is 17.7. The Balaban J connectivity index is 1.89. The average molecular weight is 431 g/mol. The number of phenolic OH excluding ortho intramolecular Hbond substituents is 1. The molecule has 5 nitrogen and oxygen atoms in total. The van der Waals surface area contributed by atoms with Crippen molar-refractivity contribution in [1.82, 2.24) is 5.32 Å². The van der Waals surface area contributed by atoms with Gasteiger partial charge in [-0.2, -0.15) is 0 Å². The Morgan fingerprint density at radius 2 is 1.72 bits per heavy atom. The van der Waals surface area contributed by atoms with Gasteiger partial charge in [0.05, 0.1) is 5.56 Å². The van der Waals surface area contributed by atoms with Gasteiger partial charge >= 0.3 is 0 Å². The highest BCUT2D eigenvalue weighted by molar-refractivity contribution is 6.12. The normalized spacial score (nSPS) is 11.0. The number of halogens is 1. The lowest BCUT2D eigenvalue weighted by Crippen LogP contribution is -2.18. The molecule has 1 aromatic heterocycles. The quantitative estimate of drug-likeness (QED) is 0.370. The molecule has 0 fully saturated rings. The predicted octanol–water partition coefficient (Wildman–Crippen LogP) is 5.95. The second-order valence-corrected chi connectivity index (χ2v) is 7.51. The molecule has 2 N–H and O–H groups in total. The first kappa shape index (κ1) is 21.3. The Hall–Kier alpha value is -3.93. The molecule has 0 saturated carbocycles. The number of amides is 1. The van der Waals surface area contributed by atoms with Crippen molar-refractivity contribution >= 4 is 22.7 Å². The summed E-state index contributed by atoms with van der Waals surface area (Å²) in [6, 6.07) is 15.7. The van der Waals surface area contributed by atoms with Crippen molar-refractivity contribution < 1.29 is 23.5 Å². The number of ketones is 1. The minimum atomic E-state index is -0.387. The van der Waals surface area contributed by atoms with Gasteiger partial charge < -0.3 is 14.8 Å². The van der Waals surface area contributed by atoms with Crippen LogP contribution in [0.1, 0.15) is 40.5 Å². The summed E-state index contributed by atoms with van der Waals surface area (Å²) in [4.78, 5) is 25.1. The number of rotatable bonds is 6. The molecule has 6 heteroatoms. The highest BCUT2D eigenvalue weighted by atomic mass is 19.1. The number of hydrogen-bond donors (Lipinski definition) is 2. The minimum Gasteiger partial charge on any atom is -0.507 e. The van der Waals surface area contributed by atoms with Crippen molar-refractivity contribution in [2.24, 2.45) is 0 Å². The van der Waals surface area contributed by atoms with Gasteiger partial charge in [-0.15, -0.1) is 0 Å².